The lowest BCUT2D eigenvalue weighted by atomic mass is 10.2. The number of ether oxygens (including phenoxy) is 2. The first-order valence-corrected chi connectivity index (χ1v) is 7.73. The molecule has 2 aromatic carbocycles. The standard InChI is InChI=1S/C19H23NO2/c1-3-4-5-14-22-19-12-8-17(9-13-19)20-15-16-6-10-18(21-2)11-7-16/h6-13,15H,3-5,14H2,1-2H3. The van der Waals surface area contributed by atoms with E-state index in [-0.39, 0.29) is 0 Å². The van der Waals surface area contributed by atoms with E-state index in [1.807, 2.05) is 54.7 Å². The van der Waals surface area contributed by atoms with Crippen molar-refractivity contribution in [1.29, 1.82) is 0 Å². The zero-order valence-electron chi connectivity index (χ0n) is 13.3. The predicted molar refractivity (Wildman–Crippen MR) is 91.7 cm³/mol. The van der Waals surface area contributed by atoms with Crippen LogP contribution in [0.3, 0.4) is 0 Å². The highest BCUT2D eigenvalue weighted by atomic mass is 16.5. The summed E-state index contributed by atoms with van der Waals surface area (Å²) >= 11 is 0. The third-order valence-corrected chi connectivity index (χ3v) is 3.33. The van der Waals surface area contributed by atoms with Crippen LogP contribution in [0.15, 0.2) is 53.5 Å². The fourth-order valence-corrected chi connectivity index (χ4v) is 2.01. The molecule has 0 radical (unpaired) electrons. The Morgan fingerprint density at radius 2 is 1.59 bits per heavy atom. The molecule has 3 nitrogen and oxygen atoms in total. The summed E-state index contributed by atoms with van der Waals surface area (Å²) in [5, 5.41) is 0. The summed E-state index contributed by atoms with van der Waals surface area (Å²) in [7, 11) is 1.66. The van der Waals surface area contributed by atoms with Crippen LogP contribution < -0.4 is 9.47 Å². The summed E-state index contributed by atoms with van der Waals surface area (Å²) in [5.74, 6) is 1.75. The van der Waals surface area contributed by atoms with E-state index in [1.165, 1.54) is 12.8 Å². The molecular formula is C19H23NO2. The monoisotopic (exact) mass is 297 g/mol. The minimum atomic E-state index is 0.780. The topological polar surface area (TPSA) is 30.8 Å². The van der Waals surface area contributed by atoms with E-state index in [0.717, 1.165) is 35.8 Å². The van der Waals surface area contributed by atoms with Gasteiger partial charge in [0.1, 0.15) is 11.5 Å². The lowest BCUT2D eigenvalue weighted by Gasteiger charge is -2.05. The average Bonchev–Trinajstić information content (AvgIpc) is 2.58. The number of aliphatic imine (C=N–C) groups is 1. The Balaban J connectivity index is 1.88. The van der Waals surface area contributed by atoms with Gasteiger partial charge in [0.2, 0.25) is 0 Å². The van der Waals surface area contributed by atoms with Gasteiger partial charge < -0.3 is 9.47 Å². The molecule has 0 saturated carbocycles. The van der Waals surface area contributed by atoms with Crippen molar-refractivity contribution in [3.8, 4) is 11.5 Å². The summed E-state index contributed by atoms with van der Waals surface area (Å²) in [5.41, 5.74) is 1.96. The van der Waals surface area contributed by atoms with Gasteiger partial charge in [-0.05, 0) is 60.5 Å². The Morgan fingerprint density at radius 3 is 2.23 bits per heavy atom. The molecule has 3 heteroatoms. The molecule has 2 aromatic rings. The lowest BCUT2D eigenvalue weighted by molar-refractivity contribution is 0.306. The first-order chi connectivity index (χ1) is 10.8. The highest BCUT2D eigenvalue weighted by Crippen LogP contribution is 2.19. The Kier molecular flexibility index (Phi) is 6.49. The number of methoxy groups -OCH3 is 1. The second-order valence-electron chi connectivity index (χ2n) is 5.08. The third kappa shape index (κ3) is 5.24. The number of rotatable bonds is 8. The van der Waals surface area contributed by atoms with E-state index in [0.29, 0.717) is 0 Å². The van der Waals surface area contributed by atoms with E-state index in [9.17, 15) is 0 Å². The SMILES string of the molecule is CCCCCOc1ccc(N=Cc2ccc(OC)cc2)cc1. The smallest absolute Gasteiger partial charge is 0.119 e. The normalized spacial score (nSPS) is 10.8. The molecule has 22 heavy (non-hydrogen) atoms. The minimum absolute atomic E-state index is 0.780. The van der Waals surface area contributed by atoms with Crippen molar-refractivity contribution in [3.05, 3.63) is 54.1 Å². The summed E-state index contributed by atoms with van der Waals surface area (Å²) < 4.78 is 10.8. The molecule has 0 saturated heterocycles. The van der Waals surface area contributed by atoms with E-state index in [1.54, 1.807) is 7.11 Å². The van der Waals surface area contributed by atoms with E-state index in [2.05, 4.69) is 11.9 Å². The highest BCUT2D eigenvalue weighted by Gasteiger charge is 1.95. The molecular weight excluding hydrogens is 274 g/mol. The number of hydrogen-bond acceptors (Lipinski definition) is 3. The van der Waals surface area contributed by atoms with Crippen LogP contribution in [0.1, 0.15) is 31.7 Å². The number of hydrogen-bond donors (Lipinski definition) is 0. The van der Waals surface area contributed by atoms with E-state index < -0.39 is 0 Å². The van der Waals surface area contributed by atoms with Crippen LogP contribution in [0.2, 0.25) is 0 Å². The van der Waals surface area contributed by atoms with Gasteiger partial charge in [-0.25, -0.2) is 0 Å². The van der Waals surface area contributed by atoms with Crippen LogP contribution in [-0.2, 0) is 0 Å². The number of nitrogens with zero attached hydrogens (tertiary/aromatic N) is 1. The predicted octanol–water partition coefficient (Wildman–Crippen LogP) is 5.01. The van der Waals surface area contributed by atoms with E-state index >= 15 is 0 Å². The maximum atomic E-state index is 5.69. The van der Waals surface area contributed by atoms with Crippen LogP contribution in [0.25, 0.3) is 0 Å². The lowest BCUT2D eigenvalue weighted by Crippen LogP contribution is -1.96. The Bertz CT molecular complexity index is 573. The van der Waals surface area contributed by atoms with Crippen molar-refractivity contribution < 1.29 is 9.47 Å². The molecule has 0 atom stereocenters. The first kappa shape index (κ1) is 16.1. The Morgan fingerprint density at radius 1 is 0.909 bits per heavy atom. The van der Waals surface area contributed by atoms with Crippen LogP contribution >= 0.6 is 0 Å². The molecule has 0 aliphatic heterocycles. The zero-order valence-corrected chi connectivity index (χ0v) is 13.3. The van der Waals surface area contributed by atoms with Gasteiger partial charge in [0.05, 0.1) is 19.4 Å². The quantitative estimate of drug-likeness (QED) is 0.506. The van der Waals surface area contributed by atoms with Crippen molar-refractivity contribution >= 4 is 11.9 Å². The van der Waals surface area contributed by atoms with Crippen molar-refractivity contribution in [3.63, 3.8) is 0 Å². The third-order valence-electron chi connectivity index (χ3n) is 3.33. The fraction of sp³-hybridized carbons (Fsp3) is 0.316. The molecule has 0 aromatic heterocycles. The molecule has 0 spiro atoms. The highest BCUT2D eigenvalue weighted by molar-refractivity contribution is 5.82. The van der Waals surface area contributed by atoms with Gasteiger partial charge in [-0.15, -0.1) is 0 Å². The second-order valence-corrected chi connectivity index (χ2v) is 5.08. The second kappa shape index (κ2) is 8.88. The molecule has 0 aliphatic carbocycles. The first-order valence-electron chi connectivity index (χ1n) is 7.73. The van der Waals surface area contributed by atoms with Crippen LogP contribution in [0.5, 0.6) is 11.5 Å². The van der Waals surface area contributed by atoms with Gasteiger partial charge in [-0.3, -0.25) is 4.99 Å². The average molecular weight is 297 g/mol. The van der Waals surface area contributed by atoms with Crippen LogP contribution in [0, 0.1) is 0 Å². The van der Waals surface area contributed by atoms with Crippen molar-refractivity contribution in [2.24, 2.45) is 4.99 Å². The van der Waals surface area contributed by atoms with E-state index in [4.69, 9.17) is 9.47 Å². The maximum Gasteiger partial charge on any atom is 0.119 e. The largest absolute Gasteiger partial charge is 0.497 e. The van der Waals surface area contributed by atoms with Crippen LogP contribution in [-0.4, -0.2) is 19.9 Å². The maximum absolute atomic E-state index is 5.69. The fourth-order valence-electron chi connectivity index (χ4n) is 2.01. The van der Waals surface area contributed by atoms with Gasteiger partial charge in [0, 0.05) is 6.21 Å². The molecule has 0 N–H and O–H groups in total. The van der Waals surface area contributed by atoms with Gasteiger partial charge in [0.25, 0.3) is 0 Å². The molecule has 0 fully saturated rings. The van der Waals surface area contributed by atoms with Crippen molar-refractivity contribution in [1.82, 2.24) is 0 Å². The molecule has 116 valence electrons. The van der Waals surface area contributed by atoms with Crippen LogP contribution in [0.4, 0.5) is 5.69 Å². The Labute approximate surface area is 132 Å². The molecule has 0 amide bonds. The van der Waals surface area contributed by atoms with Gasteiger partial charge in [-0.2, -0.15) is 0 Å². The summed E-state index contributed by atoms with van der Waals surface area (Å²) in [6, 6.07) is 15.7. The number of unbranched alkanes of at least 4 members (excludes halogenated alkanes) is 2. The van der Waals surface area contributed by atoms with Gasteiger partial charge in [-0.1, -0.05) is 19.8 Å². The molecule has 0 bridgehead atoms. The number of benzene rings is 2. The molecule has 0 aliphatic rings. The molecule has 2 rings (SSSR count). The van der Waals surface area contributed by atoms with Crippen molar-refractivity contribution in [2.45, 2.75) is 26.2 Å². The Hall–Kier alpha value is -2.29. The summed E-state index contributed by atoms with van der Waals surface area (Å²) in [6.45, 7) is 2.97. The van der Waals surface area contributed by atoms with Crippen molar-refractivity contribution in [2.75, 3.05) is 13.7 Å². The summed E-state index contributed by atoms with van der Waals surface area (Å²) in [6.07, 6.45) is 5.37. The zero-order chi connectivity index (χ0) is 15.6. The minimum Gasteiger partial charge on any atom is -0.497 e. The molecule has 0 unspecified atom stereocenters. The molecule has 0 heterocycles. The summed E-state index contributed by atoms with van der Waals surface area (Å²) in [4.78, 5) is 4.46. The van der Waals surface area contributed by atoms with Gasteiger partial charge >= 0.3 is 0 Å². The van der Waals surface area contributed by atoms with Gasteiger partial charge in [0.15, 0.2) is 0 Å².